The van der Waals surface area contributed by atoms with Gasteiger partial charge in [0.25, 0.3) is 0 Å². The zero-order valence-corrected chi connectivity index (χ0v) is 8.44. The van der Waals surface area contributed by atoms with Crippen molar-refractivity contribution in [3.63, 3.8) is 0 Å². The first-order valence-corrected chi connectivity index (χ1v) is 5.02. The molecule has 70 valence electrons. The van der Waals surface area contributed by atoms with Crippen LogP contribution >= 0.6 is 23.5 Å². The fraction of sp³-hybridized carbons (Fsp3) is 0.571. The van der Waals surface area contributed by atoms with Crippen LogP contribution in [0.4, 0.5) is 0 Å². The summed E-state index contributed by atoms with van der Waals surface area (Å²) in [6, 6.07) is 0. The Hall–Kier alpha value is -0.350. The summed E-state index contributed by atoms with van der Waals surface area (Å²) < 4.78 is 2.22. The van der Waals surface area contributed by atoms with Crippen LogP contribution < -0.4 is 0 Å². The van der Waals surface area contributed by atoms with Gasteiger partial charge < -0.3 is 9.41 Å². The molecule has 0 radical (unpaired) electrons. The van der Waals surface area contributed by atoms with Crippen molar-refractivity contribution in [1.29, 1.82) is 0 Å². The summed E-state index contributed by atoms with van der Waals surface area (Å²) in [5.41, 5.74) is 0. The predicted molar refractivity (Wildman–Crippen MR) is 52.3 cm³/mol. The molecule has 1 heterocycles. The lowest BCUT2D eigenvalue weighted by atomic mass is 10.6. The third kappa shape index (κ3) is 6.37. The van der Waals surface area contributed by atoms with E-state index in [1.165, 1.54) is 0 Å². The highest BCUT2D eigenvalue weighted by Gasteiger charge is 1.98. The summed E-state index contributed by atoms with van der Waals surface area (Å²) in [5, 5.41) is 7.59. The van der Waals surface area contributed by atoms with Crippen LogP contribution in [-0.2, 0) is 4.79 Å². The third-order valence-electron chi connectivity index (χ3n) is 1.03. The molecule has 12 heavy (non-hydrogen) atoms. The number of alkyl halides is 1. The van der Waals surface area contributed by atoms with Crippen LogP contribution in [0, 0.1) is 0 Å². The Kier molecular flexibility index (Phi) is 7.09. The normalized spacial score (nSPS) is 14.0. The maximum atomic E-state index is 9.24. The van der Waals surface area contributed by atoms with Gasteiger partial charge in [0.15, 0.2) is 0 Å². The van der Waals surface area contributed by atoms with Gasteiger partial charge in [0, 0.05) is 18.5 Å². The van der Waals surface area contributed by atoms with Gasteiger partial charge in [-0.25, -0.2) is 0 Å². The SMILES string of the molecule is CCN1C=CCS1.O=C(O)CCl. The third-order valence-corrected chi connectivity index (χ3v) is 2.32. The van der Waals surface area contributed by atoms with Gasteiger partial charge in [-0.2, -0.15) is 0 Å². The van der Waals surface area contributed by atoms with Gasteiger partial charge in [-0.3, -0.25) is 4.79 Å². The molecule has 0 aromatic carbocycles. The van der Waals surface area contributed by atoms with Crippen molar-refractivity contribution in [2.45, 2.75) is 6.92 Å². The molecular formula is C7H12ClNO2S. The van der Waals surface area contributed by atoms with Crippen LogP contribution in [0.3, 0.4) is 0 Å². The average Bonchev–Trinajstić information content (AvgIpc) is 2.57. The van der Waals surface area contributed by atoms with Crippen molar-refractivity contribution in [3.05, 3.63) is 12.3 Å². The number of carboxylic acid groups (broad SMARTS) is 1. The van der Waals surface area contributed by atoms with Crippen LogP contribution in [0.25, 0.3) is 0 Å². The minimum atomic E-state index is -0.980. The van der Waals surface area contributed by atoms with E-state index in [4.69, 9.17) is 16.7 Å². The van der Waals surface area contributed by atoms with Crippen LogP contribution in [0.1, 0.15) is 6.92 Å². The summed E-state index contributed by atoms with van der Waals surface area (Å²) in [7, 11) is 0. The Labute approximate surface area is 81.5 Å². The molecule has 1 N–H and O–H groups in total. The first kappa shape index (κ1) is 11.6. The standard InChI is InChI=1S/C5H9NS.C2H3ClO2/c1-2-6-4-3-5-7-6;3-1-2(4)5/h3-4H,2,5H2,1H3;1H2,(H,4,5). The van der Waals surface area contributed by atoms with E-state index < -0.39 is 5.97 Å². The topological polar surface area (TPSA) is 40.5 Å². The fourth-order valence-electron chi connectivity index (χ4n) is 0.539. The zero-order valence-electron chi connectivity index (χ0n) is 6.86. The molecule has 3 nitrogen and oxygen atoms in total. The summed E-state index contributed by atoms with van der Waals surface area (Å²) in [4.78, 5) is 9.24. The van der Waals surface area contributed by atoms with Crippen LogP contribution in [0.2, 0.25) is 0 Å². The lowest BCUT2D eigenvalue weighted by molar-refractivity contribution is -0.134. The number of rotatable bonds is 2. The summed E-state index contributed by atoms with van der Waals surface area (Å²) in [6.45, 7) is 3.28. The number of aliphatic carboxylic acids is 1. The van der Waals surface area contributed by atoms with Gasteiger partial charge in [0.1, 0.15) is 5.88 Å². The molecule has 0 saturated heterocycles. The van der Waals surface area contributed by atoms with E-state index in [0.717, 1.165) is 12.3 Å². The molecule has 0 atom stereocenters. The van der Waals surface area contributed by atoms with Gasteiger partial charge in [-0.05, 0) is 18.9 Å². The summed E-state index contributed by atoms with van der Waals surface area (Å²) in [5.74, 6) is -0.125. The van der Waals surface area contributed by atoms with Crippen molar-refractivity contribution in [1.82, 2.24) is 4.31 Å². The Morgan fingerprint density at radius 1 is 1.83 bits per heavy atom. The van der Waals surface area contributed by atoms with E-state index in [0.29, 0.717) is 0 Å². The maximum Gasteiger partial charge on any atom is 0.318 e. The molecule has 0 aliphatic carbocycles. The van der Waals surface area contributed by atoms with Crippen molar-refractivity contribution in [2.24, 2.45) is 0 Å². The highest BCUT2D eigenvalue weighted by Crippen LogP contribution is 2.15. The van der Waals surface area contributed by atoms with Crippen molar-refractivity contribution >= 4 is 29.5 Å². The van der Waals surface area contributed by atoms with Crippen LogP contribution in [0.15, 0.2) is 12.3 Å². The second kappa shape index (κ2) is 7.31. The van der Waals surface area contributed by atoms with E-state index >= 15 is 0 Å². The van der Waals surface area contributed by atoms with Gasteiger partial charge in [-0.15, -0.1) is 11.6 Å². The van der Waals surface area contributed by atoms with E-state index in [2.05, 4.69) is 23.5 Å². The second-order valence-electron chi connectivity index (χ2n) is 1.94. The van der Waals surface area contributed by atoms with Crippen LogP contribution in [0.5, 0.6) is 0 Å². The predicted octanol–water partition coefficient (Wildman–Crippen LogP) is 1.79. The van der Waals surface area contributed by atoms with Gasteiger partial charge in [-0.1, -0.05) is 6.08 Å². The fourth-order valence-corrected chi connectivity index (χ4v) is 1.26. The summed E-state index contributed by atoms with van der Waals surface area (Å²) in [6.07, 6.45) is 4.30. The number of hydrogen-bond acceptors (Lipinski definition) is 3. The molecule has 1 rings (SSSR count). The Morgan fingerprint density at radius 2 is 2.42 bits per heavy atom. The van der Waals surface area contributed by atoms with E-state index in [9.17, 15) is 4.79 Å². The quantitative estimate of drug-likeness (QED) is 0.556. The molecule has 1 aliphatic heterocycles. The average molecular weight is 210 g/mol. The molecule has 0 aromatic heterocycles. The molecule has 0 bridgehead atoms. The Morgan fingerprint density at radius 3 is 2.58 bits per heavy atom. The molecular weight excluding hydrogens is 198 g/mol. The monoisotopic (exact) mass is 209 g/mol. The first-order valence-electron chi connectivity index (χ1n) is 3.54. The molecule has 1 aliphatic rings. The highest BCUT2D eigenvalue weighted by atomic mass is 35.5. The second-order valence-corrected chi connectivity index (χ2v) is 3.27. The molecule has 0 aromatic rings. The van der Waals surface area contributed by atoms with Crippen LogP contribution in [-0.4, -0.2) is 33.6 Å². The number of halogens is 1. The largest absolute Gasteiger partial charge is 0.480 e. The smallest absolute Gasteiger partial charge is 0.318 e. The lowest BCUT2D eigenvalue weighted by Gasteiger charge is -2.07. The first-order chi connectivity index (χ1) is 5.70. The number of nitrogens with zero attached hydrogens (tertiary/aromatic N) is 1. The molecule has 0 fully saturated rings. The Balaban J connectivity index is 0.000000217. The molecule has 5 heteroatoms. The summed E-state index contributed by atoms with van der Waals surface area (Å²) >= 11 is 6.60. The number of carboxylic acids is 1. The maximum absolute atomic E-state index is 9.24. The van der Waals surface area contributed by atoms with E-state index in [1.807, 2.05) is 11.9 Å². The highest BCUT2D eigenvalue weighted by molar-refractivity contribution is 7.97. The van der Waals surface area contributed by atoms with Crippen molar-refractivity contribution < 1.29 is 9.90 Å². The molecule has 0 saturated carbocycles. The number of carbonyl (C=O) groups is 1. The van der Waals surface area contributed by atoms with Gasteiger partial charge in [0.05, 0.1) is 0 Å². The minimum Gasteiger partial charge on any atom is -0.480 e. The van der Waals surface area contributed by atoms with E-state index in [-0.39, 0.29) is 5.88 Å². The Bertz CT molecular complexity index is 163. The van der Waals surface area contributed by atoms with Crippen molar-refractivity contribution in [3.8, 4) is 0 Å². The van der Waals surface area contributed by atoms with Crippen molar-refractivity contribution in [2.75, 3.05) is 18.2 Å². The zero-order chi connectivity index (χ0) is 9.40. The lowest BCUT2D eigenvalue weighted by Crippen LogP contribution is -2.01. The molecule has 0 amide bonds. The van der Waals surface area contributed by atoms with Gasteiger partial charge >= 0.3 is 5.97 Å². The molecule has 0 spiro atoms. The molecule has 0 unspecified atom stereocenters. The minimum absolute atomic E-state index is 0.306. The van der Waals surface area contributed by atoms with E-state index in [1.54, 1.807) is 0 Å². The van der Waals surface area contributed by atoms with Gasteiger partial charge in [0.2, 0.25) is 0 Å². The number of hydrogen-bond donors (Lipinski definition) is 1.